The maximum absolute atomic E-state index is 12.1. The van der Waals surface area contributed by atoms with Gasteiger partial charge in [0.15, 0.2) is 0 Å². The van der Waals surface area contributed by atoms with E-state index in [2.05, 4.69) is 19.4 Å². The molecule has 1 aromatic heterocycles. The van der Waals surface area contributed by atoms with E-state index in [1.165, 1.54) is 6.42 Å². The predicted octanol–water partition coefficient (Wildman–Crippen LogP) is 0.827. The molecule has 2 fully saturated rings. The molecule has 0 N–H and O–H groups in total. The number of rotatable bonds is 4. The van der Waals surface area contributed by atoms with Crippen molar-refractivity contribution >= 4 is 5.91 Å². The van der Waals surface area contributed by atoms with Crippen molar-refractivity contribution < 1.29 is 4.79 Å². The summed E-state index contributed by atoms with van der Waals surface area (Å²) in [5.74, 6) is 0.748. The number of piperazine rings is 1. The SMILES string of the molecule is O=C(C1CCC1)N1CCN(CCn2ccnc2)CC1. The van der Waals surface area contributed by atoms with Gasteiger partial charge < -0.3 is 9.47 Å². The molecule has 0 bridgehead atoms. The first kappa shape index (κ1) is 12.7. The maximum Gasteiger partial charge on any atom is 0.225 e. The summed E-state index contributed by atoms with van der Waals surface area (Å²) in [5.41, 5.74) is 0. The molecule has 3 rings (SSSR count). The van der Waals surface area contributed by atoms with Gasteiger partial charge in [-0.25, -0.2) is 4.98 Å². The summed E-state index contributed by atoms with van der Waals surface area (Å²) in [6.45, 7) is 5.84. The van der Waals surface area contributed by atoms with Crippen LogP contribution in [0.25, 0.3) is 0 Å². The largest absolute Gasteiger partial charge is 0.340 e. The zero-order chi connectivity index (χ0) is 13.1. The van der Waals surface area contributed by atoms with E-state index in [0.29, 0.717) is 11.8 Å². The van der Waals surface area contributed by atoms with Crippen molar-refractivity contribution in [1.29, 1.82) is 0 Å². The Hall–Kier alpha value is -1.36. The van der Waals surface area contributed by atoms with Gasteiger partial charge in [-0.05, 0) is 12.8 Å². The summed E-state index contributed by atoms with van der Waals surface area (Å²) in [7, 11) is 0. The molecule has 0 aromatic carbocycles. The third kappa shape index (κ3) is 2.97. The Morgan fingerprint density at radius 2 is 1.95 bits per heavy atom. The fraction of sp³-hybridized carbons (Fsp3) is 0.714. The van der Waals surface area contributed by atoms with Gasteiger partial charge in [0, 0.05) is 57.6 Å². The minimum atomic E-state index is 0.345. The summed E-state index contributed by atoms with van der Waals surface area (Å²) < 4.78 is 2.10. The van der Waals surface area contributed by atoms with Crippen LogP contribution >= 0.6 is 0 Å². The van der Waals surface area contributed by atoms with Crippen molar-refractivity contribution in [3.8, 4) is 0 Å². The second-order valence-corrected chi connectivity index (χ2v) is 5.60. The van der Waals surface area contributed by atoms with E-state index >= 15 is 0 Å². The smallest absolute Gasteiger partial charge is 0.225 e. The normalized spacial score (nSPS) is 21.4. The quantitative estimate of drug-likeness (QED) is 0.807. The number of carbonyl (C=O) groups excluding carboxylic acids is 1. The third-order valence-electron chi connectivity index (χ3n) is 4.37. The summed E-state index contributed by atoms with van der Waals surface area (Å²) in [6.07, 6.45) is 9.13. The van der Waals surface area contributed by atoms with Crippen LogP contribution in [0, 0.1) is 5.92 Å². The molecular weight excluding hydrogens is 240 g/mol. The van der Waals surface area contributed by atoms with E-state index in [4.69, 9.17) is 0 Å². The highest BCUT2D eigenvalue weighted by atomic mass is 16.2. The lowest BCUT2D eigenvalue weighted by Crippen LogP contribution is -2.51. The first-order valence-corrected chi connectivity index (χ1v) is 7.30. The number of aromatic nitrogens is 2. The minimum absolute atomic E-state index is 0.345. The van der Waals surface area contributed by atoms with Crippen LogP contribution in [0.5, 0.6) is 0 Å². The Morgan fingerprint density at radius 3 is 2.53 bits per heavy atom. The molecule has 1 aliphatic carbocycles. The van der Waals surface area contributed by atoms with E-state index < -0.39 is 0 Å². The molecule has 104 valence electrons. The lowest BCUT2D eigenvalue weighted by molar-refractivity contribution is -0.139. The summed E-state index contributed by atoms with van der Waals surface area (Å²) in [6, 6.07) is 0. The third-order valence-corrected chi connectivity index (χ3v) is 4.37. The van der Waals surface area contributed by atoms with Crippen LogP contribution in [-0.2, 0) is 11.3 Å². The fourth-order valence-corrected chi connectivity index (χ4v) is 2.78. The van der Waals surface area contributed by atoms with E-state index in [0.717, 1.165) is 52.1 Å². The standard InChI is InChI=1S/C14H22N4O/c19-14(13-2-1-3-13)18-10-8-16(9-11-18)6-7-17-5-4-15-12-17/h4-5,12-13H,1-3,6-11H2. The molecule has 1 amide bonds. The average molecular weight is 262 g/mol. The van der Waals surface area contributed by atoms with Crippen LogP contribution in [0.2, 0.25) is 0 Å². The van der Waals surface area contributed by atoms with E-state index in [-0.39, 0.29) is 0 Å². The second-order valence-electron chi connectivity index (χ2n) is 5.60. The lowest BCUT2D eigenvalue weighted by atomic mass is 9.84. The Balaban J connectivity index is 1.40. The molecule has 19 heavy (non-hydrogen) atoms. The Kier molecular flexibility index (Phi) is 3.82. The monoisotopic (exact) mass is 262 g/mol. The number of amides is 1. The predicted molar refractivity (Wildman–Crippen MR) is 72.6 cm³/mol. The van der Waals surface area contributed by atoms with Crippen molar-refractivity contribution in [3.05, 3.63) is 18.7 Å². The fourth-order valence-electron chi connectivity index (χ4n) is 2.78. The van der Waals surface area contributed by atoms with Gasteiger partial charge in [0.05, 0.1) is 6.33 Å². The van der Waals surface area contributed by atoms with Crippen molar-refractivity contribution in [3.63, 3.8) is 0 Å². The van der Waals surface area contributed by atoms with Gasteiger partial charge >= 0.3 is 0 Å². The molecule has 2 heterocycles. The molecule has 1 aliphatic heterocycles. The maximum atomic E-state index is 12.1. The van der Waals surface area contributed by atoms with Crippen LogP contribution in [0.4, 0.5) is 0 Å². The minimum Gasteiger partial charge on any atom is -0.340 e. The second kappa shape index (κ2) is 5.74. The molecule has 0 radical (unpaired) electrons. The molecular formula is C14H22N4O. The molecule has 1 saturated heterocycles. The lowest BCUT2D eigenvalue weighted by Gasteiger charge is -2.38. The molecule has 0 unspecified atom stereocenters. The molecule has 0 spiro atoms. The summed E-state index contributed by atoms with van der Waals surface area (Å²) >= 11 is 0. The first-order valence-electron chi connectivity index (χ1n) is 7.30. The van der Waals surface area contributed by atoms with Gasteiger partial charge in [0.2, 0.25) is 5.91 Å². The first-order chi connectivity index (χ1) is 9.33. The van der Waals surface area contributed by atoms with Crippen LogP contribution in [0.15, 0.2) is 18.7 Å². The molecule has 2 aliphatic rings. The van der Waals surface area contributed by atoms with Crippen molar-refractivity contribution in [2.45, 2.75) is 25.8 Å². The van der Waals surface area contributed by atoms with Gasteiger partial charge in [-0.1, -0.05) is 6.42 Å². The highest BCUT2D eigenvalue weighted by Gasteiger charge is 2.30. The van der Waals surface area contributed by atoms with Gasteiger partial charge in [-0.2, -0.15) is 0 Å². The van der Waals surface area contributed by atoms with Crippen LogP contribution in [0.3, 0.4) is 0 Å². The van der Waals surface area contributed by atoms with E-state index in [1.807, 2.05) is 18.7 Å². The van der Waals surface area contributed by atoms with E-state index in [1.54, 1.807) is 0 Å². The van der Waals surface area contributed by atoms with E-state index in [9.17, 15) is 4.79 Å². The van der Waals surface area contributed by atoms with Crippen molar-refractivity contribution in [2.24, 2.45) is 5.92 Å². The van der Waals surface area contributed by atoms with Crippen LogP contribution < -0.4 is 0 Å². The number of hydrogen-bond donors (Lipinski definition) is 0. The summed E-state index contributed by atoms with van der Waals surface area (Å²) in [5, 5.41) is 0. The Morgan fingerprint density at radius 1 is 1.16 bits per heavy atom. The average Bonchev–Trinajstić information content (AvgIpc) is 2.88. The Labute approximate surface area is 114 Å². The van der Waals surface area contributed by atoms with Gasteiger partial charge in [0.1, 0.15) is 0 Å². The number of carbonyl (C=O) groups is 1. The van der Waals surface area contributed by atoms with Gasteiger partial charge in [-0.3, -0.25) is 9.69 Å². The molecule has 5 heteroatoms. The van der Waals surface area contributed by atoms with Crippen LogP contribution in [-0.4, -0.2) is 58.0 Å². The molecule has 0 atom stereocenters. The van der Waals surface area contributed by atoms with Gasteiger partial charge in [0.25, 0.3) is 0 Å². The number of nitrogens with zero attached hydrogens (tertiary/aromatic N) is 4. The summed E-state index contributed by atoms with van der Waals surface area (Å²) in [4.78, 5) is 20.7. The van der Waals surface area contributed by atoms with Crippen molar-refractivity contribution in [2.75, 3.05) is 32.7 Å². The topological polar surface area (TPSA) is 41.4 Å². The van der Waals surface area contributed by atoms with Crippen molar-refractivity contribution in [1.82, 2.24) is 19.4 Å². The highest BCUT2D eigenvalue weighted by molar-refractivity contribution is 5.79. The Bertz CT molecular complexity index is 405. The molecule has 5 nitrogen and oxygen atoms in total. The number of hydrogen-bond acceptors (Lipinski definition) is 3. The van der Waals surface area contributed by atoms with Gasteiger partial charge in [-0.15, -0.1) is 0 Å². The molecule has 1 aromatic rings. The van der Waals surface area contributed by atoms with Crippen LogP contribution in [0.1, 0.15) is 19.3 Å². The molecule has 1 saturated carbocycles. The zero-order valence-corrected chi connectivity index (χ0v) is 11.4. The highest BCUT2D eigenvalue weighted by Crippen LogP contribution is 2.28. The zero-order valence-electron chi connectivity index (χ0n) is 11.4. The number of imidazole rings is 1.